The van der Waals surface area contributed by atoms with Crippen LogP contribution in [-0.4, -0.2) is 29.8 Å². The normalized spacial score (nSPS) is 11.6. The predicted octanol–water partition coefficient (Wildman–Crippen LogP) is 4.54. The van der Waals surface area contributed by atoms with Crippen molar-refractivity contribution in [3.05, 3.63) is 106 Å². The van der Waals surface area contributed by atoms with Gasteiger partial charge in [0.15, 0.2) is 0 Å². The molecule has 3 aromatic carbocycles. The highest BCUT2D eigenvalue weighted by atomic mass is 16.2. The molecule has 32 heavy (non-hydrogen) atoms. The molecule has 0 fully saturated rings. The van der Waals surface area contributed by atoms with Crippen molar-refractivity contribution in [2.75, 3.05) is 7.05 Å². The van der Waals surface area contributed by atoms with Gasteiger partial charge in [-0.3, -0.25) is 9.59 Å². The Morgan fingerprint density at radius 1 is 0.812 bits per heavy atom. The third kappa shape index (κ3) is 5.85. The molecule has 0 saturated heterocycles. The van der Waals surface area contributed by atoms with E-state index in [1.165, 1.54) is 5.56 Å². The number of likely N-dealkylation sites (N-methyl/N-ethyl adjacent to an activating group) is 1. The van der Waals surface area contributed by atoms with Gasteiger partial charge in [0, 0.05) is 20.0 Å². The molecule has 0 aliphatic carbocycles. The van der Waals surface area contributed by atoms with E-state index in [0.29, 0.717) is 13.0 Å². The summed E-state index contributed by atoms with van der Waals surface area (Å²) in [6, 6.07) is 23.4. The van der Waals surface area contributed by atoms with E-state index in [2.05, 4.69) is 25.2 Å². The summed E-state index contributed by atoms with van der Waals surface area (Å²) < 4.78 is 0. The fraction of sp³-hybridized carbons (Fsp3) is 0.286. The van der Waals surface area contributed by atoms with Gasteiger partial charge >= 0.3 is 0 Å². The van der Waals surface area contributed by atoms with E-state index in [1.54, 1.807) is 11.9 Å². The molecule has 2 amide bonds. The van der Waals surface area contributed by atoms with Crippen LogP contribution in [0.25, 0.3) is 0 Å². The second-order valence-electron chi connectivity index (χ2n) is 8.36. The molecule has 0 aliphatic heterocycles. The summed E-state index contributed by atoms with van der Waals surface area (Å²) in [6.45, 7) is 6.54. The van der Waals surface area contributed by atoms with Gasteiger partial charge in [-0.2, -0.15) is 0 Å². The Balaban J connectivity index is 1.96. The number of hydrogen-bond acceptors (Lipinski definition) is 2. The molecular weight excluding hydrogens is 396 g/mol. The molecule has 0 radical (unpaired) electrons. The Labute approximate surface area is 191 Å². The fourth-order valence-electron chi connectivity index (χ4n) is 3.88. The Morgan fingerprint density at radius 2 is 1.50 bits per heavy atom. The van der Waals surface area contributed by atoms with Gasteiger partial charge < -0.3 is 10.2 Å². The quantitative estimate of drug-likeness (QED) is 0.573. The number of carbonyl (C=O) groups is 2. The molecule has 166 valence electrons. The number of rotatable bonds is 8. The molecule has 4 heteroatoms. The highest BCUT2D eigenvalue weighted by molar-refractivity contribution is 5.88. The number of nitrogens with one attached hydrogen (secondary N) is 1. The topological polar surface area (TPSA) is 49.4 Å². The molecule has 0 saturated carbocycles. The molecule has 0 aromatic heterocycles. The highest BCUT2D eigenvalue weighted by Gasteiger charge is 2.30. The predicted molar refractivity (Wildman–Crippen MR) is 129 cm³/mol. The second-order valence-corrected chi connectivity index (χ2v) is 8.36. The molecule has 3 rings (SSSR count). The standard InChI is InChI=1S/C28H32N2O2/c1-20-14-15-24(16-22(20)3)18-27(31)30(19-25-13-9-8-10-21(25)2)26(28(32)29-4)17-23-11-6-5-7-12-23/h5-16,26H,17-19H2,1-4H3,(H,29,32). The van der Waals surface area contributed by atoms with Crippen LogP contribution in [0.3, 0.4) is 0 Å². The zero-order valence-electron chi connectivity index (χ0n) is 19.4. The number of benzene rings is 3. The van der Waals surface area contributed by atoms with Crippen LogP contribution in [0.1, 0.15) is 33.4 Å². The van der Waals surface area contributed by atoms with E-state index in [9.17, 15) is 9.59 Å². The molecule has 4 nitrogen and oxygen atoms in total. The van der Waals surface area contributed by atoms with Crippen LogP contribution in [0.2, 0.25) is 0 Å². The summed E-state index contributed by atoms with van der Waals surface area (Å²) >= 11 is 0. The summed E-state index contributed by atoms with van der Waals surface area (Å²) in [6.07, 6.45) is 0.723. The summed E-state index contributed by atoms with van der Waals surface area (Å²) in [5, 5.41) is 2.77. The largest absolute Gasteiger partial charge is 0.357 e. The van der Waals surface area contributed by atoms with E-state index in [-0.39, 0.29) is 18.2 Å². The lowest BCUT2D eigenvalue weighted by molar-refractivity contribution is -0.140. The Kier molecular flexibility index (Phi) is 7.82. The third-order valence-electron chi connectivity index (χ3n) is 6.05. The van der Waals surface area contributed by atoms with Gasteiger partial charge in [0.25, 0.3) is 0 Å². The van der Waals surface area contributed by atoms with Crippen molar-refractivity contribution in [2.24, 2.45) is 0 Å². The summed E-state index contributed by atoms with van der Waals surface area (Å²) in [5.74, 6) is -0.211. The van der Waals surface area contributed by atoms with E-state index < -0.39 is 6.04 Å². The van der Waals surface area contributed by atoms with Crippen LogP contribution in [0.4, 0.5) is 0 Å². The Hall–Kier alpha value is -3.40. The maximum absolute atomic E-state index is 13.6. The fourth-order valence-corrected chi connectivity index (χ4v) is 3.88. The monoisotopic (exact) mass is 428 g/mol. The Bertz CT molecular complexity index is 1080. The summed E-state index contributed by atoms with van der Waals surface area (Å²) in [5.41, 5.74) is 6.49. The molecule has 3 aromatic rings. The van der Waals surface area contributed by atoms with Gasteiger partial charge in [0.2, 0.25) is 11.8 Å². The average molecular weight is 429 g/mol. The first kappa shape index (κ1) is 23.3. The van der Waals surface area contributed by atoms with Crippen molar-refractivity contribution in [1.82, 2.24) is 10.2 Å². The number of carbonyl (C=O) groups excluding carboxylic acids is 2. The molecule has 0 heterocycles. The van der Waals surface area contributed by atoms with Crippen molar-refractivity contribution in [3.8, 4) is 0 Å². The first-order chi connectivity index (χ1) is 15.4. The zero-order chi connectivity index (χ0) is 23.1. The zero-order valence-corrected chi connectivity index (χ0v) is 19.4. The highest BCUT2D eigenvalue weighted by Crippen LogP contribution is 2.19. The minimum Gasteiger partial charge on any atom is -0.357 e. The van der Waals surface area contributed by atoms with Crippen LogP contribution < -0.4 is 5.32 Å². The maximum Gasteiger partial charge on any atom is 0.242 e. The van der Waals surface area contributed by atoms with Crippen molar-refractivity contribution in [1.29, 1.82) is 0 Å². The summed E-state index contributed by atoms with van der Waals surface area (Å²) in [4.78, 5) is 28.3. The van der Waals surface area contributed by atoms with Crippen molar-refractivity contribution in [3.63, 3.8) is 0 Å². The first-order valence-corrected chi connectivity index (χ1v) is 11.0. The molecule has 0 aliphatic rings. The van der Waals surface area contributed by atoms with Gasteiger partial charge in [0.1, 0.15) is 6.04 Å². The summed E-state index contributed by atoms with van der Waals surface area (Å²) in [7, 11) is 1.63. The molecule has 1 N–H and O–H groups in total. The van der Waals surface area contributed by atoms with Crippen molar-refractivity contribution < 1.29 is 9.59 Å². The second kappa shape index (κ2) is 10.8. The van der Waals surface area contributed by atoms with E-state index >= 15 is 0 Å². The maximum atomic E-state index is 13.6. The van der Waals surface area contributed by atoms with E-state index in [0.717, 1.165) is 27.8 Å². The molecule has 0 bridgehead atoms. The van der Waals surface area contributed by atoms with Crippen molar-refractivity contribution in [2.45, 2.75) is 46.2 Å². The number of nitrogens with zero attached hydrogens (tertiary/aromatic N) is 1. The molecule has 1 atom stereocenters. The van der Waals surface area contributed by atoms with Crippen molar-refractivity contribution >= 4 is 11.8 Å². The molecule has 0 spiro atoms. The smallest absolute Gasteiger partial charge is 0.242 e. The van der Waals surface area contributed by atoms with Crippen LogP contribution in [0.5, 0.6) is 0 Å². The minimum absolute atomic E-state index is 0.0546. The number of aryl methyl sites for hydroxylation is 3. The minimum atomic E-state index is -0.596. The number of amides is 2. The van der Waals surface area contributed by atoms with Crippen LogP contribution in [-0.2, 0) is 29.0 Å². The third-order valence-corrected chi connectivity index (χ3v) is 6.05. The van der Waals surface area contributed by atoms with Crippen LogP contribution in [0.15, 0.2) is 72.8 Å². The molecular formula is C28H32N2O2. The first-order valence-electron chi connectivity index (χ1n) is 11.0. The van der Waals surface area contributed by atoms with Gasteiger partial charge in [0.05, 0.1) is 6.42 Å². The number of hydrogen-bond donors (Lipinski definition) is 1. The van der Waals surface area contributed by atoms with E-state index in [1.807, 2.05) is 73.7 Å². The van der Waals surface area contributed by atoms with Gasteiger partial charge in [-0.15, -0.1) is 0 Å². The van der Waals surface area contributed by atoms with Crippen LogP contribution >= 0.6 is 0 Å². The Morgan fingerprint density at radius 3 is 2.16 bits per heavy atom. The van der Waals surface area contributed by atoms with Gasteiger partial charge in [-0.1, -0.05) is 72.8 Å². The van der Waals surface area contributed by atoms with Gasteiger partial charge in [-0.05, 0) is 54.2 Å². The molecule has 1 unspecified atom stereocenters. The SMILES string of the molecule is CNC(=O)C(Cc1ccccc1)N(Cc1ccccc1C)C(=O)Cc1ccc(C)c(C)c1. The lowest BCUT2D eigenvalue weighted by Gasteiger charge is -2.31. The average Bonchev–Trinajstić information content (AvgIpc) is 2.80. The van der Waals surface area contributed by atoms with Gasteiger partial charge in [-0.25, -0.2) is 0 Å². The van der Waals surface area contributed by atoms with E-state index in [4.69, 9.17) is 0 Å². The van der Waals surface area contributed by atoms with Crippen LogP contribution in [0, 0.1) is 20.8 Å². The lowest BCUT2D eigenvalue weighted by Crippen LogP contribution is -2.50. The lowest BCUT2D eigenvalue weighted by atomic mass is 9.99.